The predicted octanol–water partition coefficient (Wildman–Crippen LogP) is 1.68. The van der Waals surface area contributed by atoms with Crippen LogP contribution in [0.2, 0.25) is 0 Å². The second kappa shape index (κ2) is 7.97. The number of amides is 4. The molecule has 1 aromatic heterocycles. The summed E-state index contributed by atoms with van der Waals surface area (Å²) in [5, 5.41) is 13.0. The van der Waals surface area contributed by atoms with Crippen LogP contribution in [0.5, 0.6) is 5.75 Å². The van der Waals surface area contributed by atoms with Gasteiger partial charge in [-0.2, -0.15) is 8.78 Å². The molecule has 1 unspecified atom stereocenters. The van der Waals surface area contributed by atoms with Crippen LogP contribution in [0, 0.1) is 25.0 Å². The zero-order chi connectivity index (χ0) is 23.2. The Morgan fingerprint density at radius 1 is 1.06 bits per heavy atom. The van der Waals surface area contributed by atoms with Gasteiger partial charge in [0.1, 0.15) is 29.0 Å². The van der Waals surface area contributed by atoms with Crippen LogP contribution >= 0.6 is 0 Å². The summed E-state index contributed by atoms with van der Waals surface area (Å²) in [7, 11) is 4.08. The van der Waals surface area contributed by atoms with Crippen LogP contribution in [-0.4, -0.2) is 52.9 Å². The largest absolute Gasteiger partial charge is 0.711 e. The number of hydrogen-bond acceptors (Lipinski definition) is 5. The highest BCUT2D eigenvalue weighted by atomic mass is 19.3. The predicted molar refractivity (Wildman–Crippen MR) is 103 cm³/mol. The van der Waals surface area contributed by atoms with E-state index in [2.05, 4.69) is 4.74 Å². The van der Waals surface area contributed by atoms with E-state index in [0.29, 0.717) is 16.1 Å². The van der Waals surface area contributed by atoms with Gasteiger partial charge in [-0.05, 0) is 17.7 Å². The molecule has 11 heteroatoms. The number of carbonyl (C=O) groups excluding carboxylic acids is 3. The molecule has 0 N–H and O–H groups in total. The van der Waals surface area contributed by atoms with Crippen molar-refractivity contribution in [3.63, 3.8) is 0 Å². The lowest BCUT2D eigenvalue weighted by Gasteiger charge is -2.35. The van der Waals surface area contributed by atoms with E-state index in [1.165, 1.54) is 38.4 Å². The third kappa shape index (κ3) is 3.60. The van der Waals surface area contributed by atoms with Crippen molar-refractivity contribution < 1.29 is 32.6 Å². The molecule has 1 atom stereocenters. The number of urea groups is 1. The van der Waals surface area contributed by atoms with Crippen molar-refractivity contribution in [2.75, 3.05) is 14.1 Å². The molecular formula is C20H22F2N4O5. The Morgan fingerprint density at radius 3 is 2.13 bits per heavy atom. The zero-order valence-corrected chi connectivity index (χ0v) is 17.6. The van der Waals surface area contributed by atoms with Crippen molar-refractivity contribution in [2.24, 2.45) is 13.0 Å². The molecule has 1 aromatic carbocycles. The monoisotopic (exact) mass is 436 g/mol. The van der Waals surface area contributed by atoms with E-state index in [-0.39, 0.29) is 17.1 Å². The molecule has 0 bridgehead atoms. The number of alkyl halides is 2. The molecule has 0 spiro atoms. The van der Waals surface area contributed by atoms with Gasteiger partial charge in [0, 0.05) is 27.9 Å². The van der Waals surface area contributed by atoms with Crippen molar-refractivity contribution in [3.8, 4) is 5.75 Å². The van der Waals surface area contributed by atoms with E-state index in [1.54, 1.807) is 25.5 Å². The fourth-order valence-electron chi connectivity index (χ4n) is 3.80. The van der Waals surface area contributed by atoms with Gasteiger partial charge >= 0.3 is 12.6 Å². The first-order chi connectivity index (χ1) is 14.5. The van der Waals surface area contributed by atoms with Crippen LogP contribution in [0.25, 0.3) is 0 Å². The van der Waals surface area contributed by atoms with Gasteiger partial charge in [0.25, 0.3) is 5.82 Å². The number of aromatic nitrogens is 2. The van der Waals surface area contributed by atoms with Crippen molar-refractivity contribution in [2.45, 2.75) is 26.4 Å². The third-order valence-corrected chi connectivity index (χ3v) is 5.70. The smallest absolute Gasteiger partial charge is 0.387 e. The summed E-state index contributed by atoms with van der Waals surface area (Å²) >= 11 is 0. The van der Waals surface area contributed by atoms with Crippen LogP contribution in [-0.2, 0) is 16.6 Å². The molecule has 0 saturated carbocycles. The maximum absolute atomic E-state index is 13.0. The number of barbiturate groups is 1. The lowest BCUT2D eigenvalue weighted by atomic mass is 9.82. The van der Waals surface area contributed by atoms with Crippen LogP contribution in [0.15, 0.2) is 24.3 Å². The number of benzene rings is 1. The van der Waals surface area contributed by atoms with Crippen molar-refractivity contribution >= 4 is 17.8 Å². The van der Waals surface area contributed by atoms with E-state index in [9.17, 15) is 28.4 Å². The molecule has 31 heavy (non-hydrogen) atoms. The van der Waals surface area contributed by atoms with Crippen LogP contribution in [0.1, 0.15) is 28.7 Å². The highest BCUT2D eigenvalue weighted by molar-refractivity contribution is 6.16. The fourth-order valence-corrected chi connectivity index (χ4v) is 3.80. The third-order valence-electron chi connectivity index (χ3n) is 5.70. The molecule has 1 aliphatic rings. The average Bonchev–Trinajstić information content (AvgIpc) is 2.91. The first-order valence-electron chi connectivity index (χ1n) is 9.36. The molecule has 0 radical (unpaired) electrons. The average molecular weight is 436 g/mol. The highest BCUT2D eigenvalue weighted by Crippen LogP contribution is 2.37. The first kappa shape index (κ1) is 22.2. The molecule has 2 heterocycles. The summed E-state index contributed by atoms with van der Waals surface area (Å²) < 4.78 is 32.1. The van der Waals surface area contributed by atoms with E-state index in [4.69, 9.17) is 0 Å². The Balaban J connectivity index is 2.26. The topological polar surface area (TPSA) is 98.8 Å². The Labute approximate surface area is 177 Å². The quantitative estimate of drug-likeness (QED) is 0.403. The summed E-state index contributed by atoms with van der Waals surface area (Å²) in [5.41, 5.74) is 1.20. The van der Waals surface area contributed by atoms with Crippen molar-refractivity contribution in [3.05, 3.63) is 52.2 Å². The van der Waals surface area contributed by atoms with Gasteiger partial charge in [0.15, 0.2) is 0 Å². The van der Waals surface area contributed by atoms with E-state index >= 15 is 0 Å². The van der Waals surface area contributed by atoms with Gasteiger partial charge in [0.05, 0.1) is 7.05 Å². The van der Waals surface area contributed by atoms with E-state index in [1.807, 2.05) is 0 Å². The first-order valence-corrected chi connectivity index (χ1v) is 9.36. The lowest BCUT2D eigenvalue weighted by Crippen LogP contribution is -2.59. The van der Waals surface area contributed by atoms with Crippen molar-refractivity contribution in [1.29, 1.82) is 0 Å². The summed E-state index contributed by atoms with van der Waals surface area (Å²) in [6.07, 6.45) is 0. The number of ether oxygens (including phenoxy) is 1. The van der Waals surface area contributed by atoms with Crippen LogP contribution in [0.3, 0.4) is 0 Å². The number of halogens is 2. The van der Waals surface area contributed by atoms with Crippen LogP contribution < -0.4 is 9.47 Å². The van der Waals surface area contributed by atoms with Gasteiger partial charge in [-0.15, -0.1) is 0 Å². The number of imidazole rings is 1. The van der Waals surface area contributed by atoms with E-state index < -0.39 is 36.3 Å². The lowest BCUT2D eigenvalue weighted by molar-refractivity contribution is -0.621. The highest BCUT2D eigenvalue weighted by Gasteiger charge is 2.51. The molecule has 2 aromatic rings. The Bertz CT molecular complexity index is 1020. The van der Waals surface area contributed by atoms with Gasteiger partial charge in [-0.25, -0.2) is 14.1 Å². The molecule has 3 rings (SSSR count). The summed E-state index contributed by atoms with van der Waals surface area (Å²) in [6, 6.07) is 4.69. The minimum absolute atomic E-state index is 0.0621. The van der Waals surface area contributed by atoms with Crippen molar-refractivity contribution in [1.82, 2.24) is 14.4 Å². The Morgan fingerprint density at radius 2 is 1.65 bits per heavy atom. The minimum Gasteiger partial charge on any atom is -0.711 e. The molecule has 1 fully saturated rings. The Hall–Kier alpha value is -3.50. The fraction of sp³-hybridized carbons (Fsp3) is 0.400. The molecule has 4 amide bonds. The van der Waals surface area contributed by atoms with E-state index in [0.717, 1.165) is 9.80 Å². The molecule has 9 nitrogen and oxygen atoms in total. The van der Waals surface area contributed by atoms with Gasteiger partial charge < -0.3 is 9.94 Å². The molecule has 1 saturated heterocycles. The molecule has 166 valence electrons. The summed E-state index contributed by atoms with van der Waals surface area (Å²) in [6.45, 7) is 0.212. The number of hydrogen-bond donors (Lipinski definition) is 0. The zero-order valence-electron chi connectivity index (χ0n) is 17.6. The summed E-state index contributed by atoms with van der Waals surface area (Å²) in [5.74, 6) is -4.33. The normalized spacial score (nSPS) is 16.5. The Kier molecular flexibility index (Phi) is 5.70. The van der Waals surface area contributed by atoms with Gasteiger partial charge in [-0.1, -0.05) is 12.1 Å². The summed E-state index contributed by atoms with van der Waals surface area (Å²) in [4.78, 5) is 39.9. The molecular weight excluding hydrogens is 414 g/mol. The SMILES string of the molecule is Cc1c(C)[n+]([O-])c(C(c2cccc(OC(F)F)c2)C2C(=O)N(C)C(=O)N(C)C2=O)n1C. The molecule has 1 aliphatic heterocycles. The van der Waals surface area contributed by atoms with Gasteiger partial charge in [0.2, 0.25) is 11.8 Å². The maximum atomic E-state index is 13.0. The van der Waals surface area contributed by atoms with Crippen LogP contribution in [0.4, 0.5) is 13.6 Å². The number of carbonyl (C=O) groups is 3. The molecule has 0 aliphatic carbocycles. The van der Waals surface area contributed by atoms with Gasteiger partial charge in [-0.3, -0.25) is 19.4 Å². The second-order valence-corrected chi connectivity index (χ2v) is 7.37. The number of imide groups is 2. The second-order valence-electron chi connectivity index (χ2n) is 7.37. The number of nitrogens with zero attached hydrogens (tertiary/aromatic N) is 4. The number of rotatable bonds is 5. The minimum atomic E-state index is -3.08. The standard InChI is InChI=1S/C20H22F2N4O5/c1-10-11(2)26(30)16(23(10)3)14(12-7-6-8-13(9-12)31-19(21)22)15-17(27)24(4)20(29)25(5)18(15)28/h6-9,14-15,19H,1-5H3. The maximum Gasteiger partial charge on any atom is 0.387 e.